The second-order valence-corrected chi connectivity index (χ2v) is 16.2. The number of aromatic nitrogens is 3. The summed E-state index contributed by atoms with van der Waals surface area (Å²) < 4.78 is 78.7. The van der Waals surface area contributed by atoms with Crippen molar-refractivity contribution in [2.24, 2.45) is 0 Å². The molecule has 0 radical (unpaired) electrons. The lowest BCUT2D eigenvalue weighted by atomic mass is 9.94. The molecule has 17 heteroatoms. The highest BCUT2D eigenvalue weighted by Gasteiger charge is 2.42. The molecule has 1 unspecified atom stereocenters. The minimum absolute atomic E-state index is 0.0460. The van der Waals surface area contributed by atoms with Crippen LogP contribution in [0.2, 0.25) is 0 Å². The molecule has 3 aliphatic heterocycles. The highest BCUT2D eigenvalue weighted by molar-refractivity contribution is 7.99. The summed E-state index contributed by atoms with van der Waals surface area (Å²) in [7, 11) is 0. The van der Waals surface area contributed by atoms with Crippen LogP contribution in [0.5, 0.6) is 0 Å². The Balaban J connectivity index is 1.36. The van der Waals surface area contributed by atoms with E-state index in [-0.39, 0.29) is 80.6 Å². The molecule has 2 aromatic carbocycles. The summed E-state index contributed by atoms with van der Waals surface area (Å²) in [5.74, 6) is -2.11. The average molecular weight is 761 g/mol. The first-order valence-corrected chi connectivity index (χ1v) is 19.1. The van der Waals surface area contributed by atoms with Gasteiger partial charge in [-0.25, -0.2) is 18.6 Å². The number of anilines is 2. The molecule has 0 spiro atoms. The Labute approximate surface area is 304 Å². The van der Waals surface area contributed by atoms with Gasteiger partial charge < -0.3 is 15.5 Å². The van der Waals surface area contributed by atoms with E-state index >= 15 is 22.0 Å². The van der Waals surface area contributed by atoms with Crippen molar-refractivity contribution in [3.63, 3.8) is 0 Å². The largest absolute Gasteiger partial charge is 0.417 e. The Morgan fingerprint density at radius 2 is 1.62 bits per heavy atom. The third-order valence-electron chi connectivity index (χ3n) is 10.7. The van der Waals surface area contributed by atoms with Crippen LogP contribution in [0.15, 0.2) is 34.5 Å². The molecule has 2 aromatic heterocycles. The molecule has 52 heavy (non-hydrogen) atoms. The molecule has 4 aromatic rings. The Morgan fingerprint density at radius 3 is 2.23 bits per heavy atom. The van der Waals surface area contributed by atoms with E-state index in [4.69, 9.17) is 5.73 Å². The van der Waals surface area contributed by atoms with Gasteiger partial charge in [-0.2, -0.15) is 18.2 Å². The number of fused-ring (bicyclic) bond motifs is 1. The van der Waals surface area contributed by atoms with Crippen molar-refractivity contribution in [3.8, 4) is 11.1 Å². The first-order valence-electron chi connectivity index (χ1n) is 17.3. The summed E-state index contributed by atoms with van der Waals surface area (Å²) >= 11 is 1.86. The molecule has 3 atom stereocenters. The van der Waals surface area contributed by atoms with E-state index in [1.807, 2.05) is 13.8 Å². The van der Waals surface area contributed by atoms with Gasteiger partial charge in [-0.05, 0) is 38.8 Å². The third-order valence-corrected chi connectivity index (χ3v) is 12.9. The van der Waals surface area contributed by atoms with Crippen LogP contribution in [0.1, 0.15) is 32.3 Å². The number of rotatable bonds is 5. The standard InChI is InChI=1S/C35H37F5N8O2S2/c1-4-25(49)48-17(2)13-46(14-18(48)3)32-21-11-22(35(38,39)40)26(27-23(36)12-24(37)30-28(27)42-33(41)52-30)31-29(21)47(34(50)43-32)15-20(16-51-31)45-9-7-44(8-10-45)19-5-6-19/h4,11-12,17-20H,1,5-10,13-16H2,2-3H3,(H2,41,42)/t17-,18+,20?. The van der Waals surface area contributed by atoms with Crippen molar-refractivity contribution in [2.45, 2.75) is 68.5 Å². The van der Waals surface area contributed by atoms with Gasteiger partial charge in [0, 0.05) is 103 Å². The number of hydrogen-bond donors (Lipinski definition) is 1. The number of benzene rings is 2. The highest BCUT2D eigenvalue weighted by atomic mass is 32.2. The van der Waals surface area contributed by atoms with Crippen molar-refractivity contribution in [1.29, 1.82) is 0 Å². The fourth-order valence-electron chi connectivity index (χ4n) is 8.29. The fourth-order valence-corrected chi connectivity index (χ4v) is 10.4. The van der Waals surface area contributed by atoms with Gasteiger partial charge in [-0.1, -0.05) is 17.9 Å². The number of piperazine rings is 2. The quantitative estimate of drug-likeness (QED) is 0.211. The molecular formula is C35H37F5N8O2S2. The molecule has 4 aliphatic rings. The SMILES string of the molecule is C=CC(=O)N1[C@H](C)CN(c2nc(=O)n3c4c(c(-c5c(F)cc(F)c6sc(N)nc56)c(C(F)(F)F)cc24)SCC(N2CCN(C4CC4)CC2)C3)C[C@@H]1C. The molecule has 10 nitrogen and oxygen atoms in total. The zero-order valence-electron chi connectivity index (χ0n) is 28.6. The van der Waals surface area contributed by atoms with E-state index in [1.54, 1.807) is 9.80 Å². The van der Waals surface area contributed by atoms with Gasteiger partial charge in [0.2, 0.25) is 5.91 Å². The van der Waals surface area contributed by atoms with Crippen LogP contribution in [0, 0.1) is 11.6 Å². The van der Waals surface area contributed by atoms with Crippen LogP contribution < -0.4 is 16.3 Å². The van der Waals surface area contributed by atoms with Gasteiger partial charge in [0.15, 0.2) is 5.13 Å². The smallest absolute Gasteiger partial charge is 0.375 e. The number of nitrogens with zero attached hydrogens (tertiary/aromatic N) is 7. The maximum atomic E-state index is 16.1. The number of alkyl halides is 3. The minimum Gasteiger partial charge on any atom is -0.375 e. The van der Waals surface area contributed by atoms with Crippen molar-refractivity contribution in [3.05, 3.63) is 52.5 Å². The maximum absolute atomic E-state index is 16.1. The second-order valence-electron chi connectivity index (χ2n) is 14.1. The van der Waals surface area contributed by atoms with Gasteiger partial charge in [0.1, 0.15) is 17.5 Å². The Morgan fingerprint density at radius 1 is 0.962 bits per heavy atom. The van der Waals surface area contributed by atoms with Gasteiger partial charge in [0.25, 0.3) is 0 Å². The lowest BCUT2D eigenvalue weighted by Gasteiger charge is -2.44. The molecule has 8 rings (SSSR count). The van der Waals surface area contributed by atoms with Crippen LogP contribution >= 0.6 is 23.1 Å². The molecule has 276 valence electrons. The normalized spacial score (nSPS) is 23.4. The number of thioether (sulfide) groups is 1. The fraction of sp³-hybridized carbons (Fsp3) is 0.486. The molecular weight excluding hydrogens is 724 g/mol. The minimum atomic E-state index is -5.01. The summed E-state index contributed by atoms with van der Waals surface area (Å²) in [6.07, 6.45) is -1.43. The maximum Gasteiger partial charge on any atom is 0.417 e. The summed E-state index contributed by atoms with van der Waals surface area (Å²) in [4.78, 5) is 43.6. The van der Waals surface area contributed by atoms with Crippen molar-refractivity contribution >= 4 is 61.1 Å². The van der Waals surface area contributed by atoms with Crippen molar-refractivity contribution in [2.75, 3.05) is 55.7 Å². The number of halogens is 5. The van der Waals surface area contributed by atoms with Gasteiger partial charge in [-0.3, -0.25) is 19.2 Å². The second kappa shape index (κ2) is 13.0. The van der Waals surface area contributed by atoms with E-state index in [0.717, 1.165) is 55.3 Å². The van der Waals surface area contributed by atoms with E-state index in [0.29, 0.717) is 17.9 Å². The van der Waals surface area contributed by atoms with Crippen molar-refractivity contribution < 1.29 is 26.7 Å². The van der Waals surface area contributed by atoms with Gasteiger partial charge >= 0.3 is 11.9 Å². The monoisotopic (exact) mass is 760 g/mol. The summed E-state index contributed by atoms with van der Waals surface area (Å²) in [5, 5.41) is -0.0448. The molecule has 0 bridgehead atoms. The molecule has 5 heterocycles. The molecule has 3 fully saturated rings. The van der Waals surface area contributed by atoms with Crippen LogP contribution in [0.25, 0.3) is 32.2 Å². The third kappa shape index (κ3) is 5.93. The summed E-state index contributed by atoms with van der Waals surface area (Å²) in [5.41, 5.74) is 2.96. The van der Waals surface area contributed by atoms with Crippen LogP contribution in [-0.4, -0.2) is 104 Å². The molecule has 1 aliphatic carbocycles. The van der Waals surface area contributed by atoms with Crippen LogP contribution in [0.3, 0.4) is 0 Å². The number of thiazole rings is 1. The molecule has 1 amide bonds. The summed E-state index contributed by atoms with van der Waals surface area (Å²) in [6.45, 7) is 11.0. The topological polar surface area (TPSA) is 104 Å². The van der Waals surface area contributed by atoms with Crippen molar-refractivity contribution in [1.82, 2.24) is 29.2 Å². The Hall–Kier alpha value is -3.80. The van der Waals surface area contributed by atoms with E-state index in [2.05, 4.69) is 26.3 Å². The number of amides is 1. The first kappa shape index (κ1) is 35.2. The lowest BCUT2D eigenvalue weighted by Crippen LogP contribution is -2.58. The van der Waals surface area contributed by atoms with Crippen LogP contribution in [0.4, 0.5) is 32.9 Å². The predicted molar refractivity (Wildman–Crippen MR) is 193 cm³/mol. The van der Waals surface area contributed by atoms with E-state index in [1.165, 1.54) is 23.5 Å². The lowest BCUT2D eigenvalue weighted by molar-refractivity contribution is -0.137. The average Bonchev–Trinajstić information content (AvgIpc) is 3.89. The van der Waals surface area contributed by atoms with Gasteiger partial charge in [-0.15, -0.1) is 11.8 Å². The first-order chi connectivity index (χ1) is 24.7. The van der Waals surface area contributed by atoms with E-state index in [9.17, 15) is 9.59 Å². The number of carbonyl (C=O) groups is 1. The Kier molecular flexibility index (Phi) is 8.78. The molecule has 2 N–H and O–H groups in total. The number of carbonyl (C=O) groups excluding carboxylic acids is 1. The van der Waals surface area contributed by atoms with Crippen LogP contribution in [-0.2, 0) is 17.5 Å². The van der Waals surface area contributed by atoms with Gasteiger partial charge in [0.05, 0.1) is 21.3 Å². The molecule has 1 saturated carbocycles. The zero-order chi connectivity index (χ0) is 36.8. The number of hydrogen-bond acceptors (Lipinski definition) is 10. The molecule has 2 saturated heterocycles. The predicted octanol–water partition coefficient (Wildman–Crippen LogP) is 5.42. The highest BCUT2D eigenvalue weighted by Crippen LogP contribution is 2.51. The Bertz CT molecular complexity index is 2170. The van der Waals surface area contributed by atoms with E-state index < -0.39 is 40.2 Å². The number of nitrogens with two attached hydrogens (primary N) is 1. The number of nitrogen functional groups attached to an aromatic ring is 1. The zero-order valence-corrected chi connectivity index (χ0v) is 30.2. The summed E-state index contributed by atoms with van der Waals surface area (Å²) in [6, 6.07) is 1.10.